The second kappa shape index (κ2) is 5.21. The molecule has 1 saturated heterocycles. The third kappa shape index (κ3) is 2.47. The fraction of sp³-hybridized carbons (Fsp3) is 0.625. The number of rotatable bonds is 5. The van der Waals surface area contributed by atoms with Crippen LogP contribution in [0.5, 0.6) is 0 Å². The minimum atomic E-state index is 0.570. The minimum Gasteiger partial charge on any atom is -0.399 e. The molecule has 0 atom stereocenters. The SMILES string of the molecule is CCCC1(CCC)CN(c2cc(N)ccc2C)C1. The molecule has 0 aromatic heterocycles. The molecule has 0 unspecified atom stereocenters. The second-order valence-corrected chi connectivity index (χ2v) is 5.90. The van der Waals surface area contributed by atoms with Gasteiger partial charge < -0.3 is 10.6 Å². The predicted molar refractivity (Wildman–Crippen MR) is 80.1 cm³/mol. The molecule has 1 aromatic carbocycles. The van der Waals surface area contributed by atoms with Crippen molar-refractivity contribution in [1.29, 1.82) is 0 Å². The molecule has 2 heteroatoms. The Morgan fingerprint density at radius 3 is 2.33 bits per heavy atom. The van der Waals surface area contributed by atoms with Crippen molar-refractivity contribution in [2.45, 2.75) is 46.5 Å². The van der Waals surface area contributed by atoms with Gasteiger partial charge in [-0.05, 0) is 37.5 Å². The average molecular weight is 246 g/mol. The van der Waals surface area contributed by atoms with E-state index in [0.29, 0.717) is 5.41 Å². The number of hydrogen-bond donors (Lipinski definition) is 1. The number of nitrogens with two attached hydrogens (primary N) is 1. The van der Waals surface area contributed by atoms with E-state index in [1.807, 2.05) is 6.07 Å². The first-order valence-corrected chi connectivity index (χ1v) is 7.21. The third-order valence-electron chi connectivity index (χ3n) is 4.19. The zero-order valence-corrected chi connectivity index (χ0v) is 12.0. The van der Waals surface area contributed by atoms with Gasteiger partial charge in [-0.2, -0.15) is 0 Å². The number of anilines is 2. The van der Waals surface area contributed by atoms with Crippen molar-refractivity contribution in [2.24, 2.45) is 5.41 Å². The van der Waals surface area contributed by atoms with Crippen LogP contribution in [0.25, 0.3) is 0 Å². The Kier molecular flexibility index (Phi) is 3.84. The van der Waals surface area contributed by atoms with Crippen molar-refractivity contribution < 1.29 is 0 Å². The lowest BCUT2D eigenvalue weighted by atomic mass is 9.72. The van der Waals surface area contributed by atoms with Crippen LogP contribution in [0.4, 0.5) is 11.4 Å². The molecule has 0 aliphatic carbocycles. The molecule has 0 bridgehead atoms. The van der Waals surface area contributed by atoms with E-state index in [9.17, 15) is 0 Å². The molecular formula is C16H26N2. The molecule has 18 heavy (non-hydrogen) atoms. The number of hydrogen-bond acceptors (Lipinski definition) is 2. The molecule has 1 heterocycles. The molecule has 0 radical (unpaired) electrons. The van der Waals surface area contributed by atoms with Crippen LogP contribution in [0, 0.1) is 12.3 Å². The molecule has 0 spiro atoms. The van der Waals surface area contributed by atoms with Gasteiger partial charge >= 0.3 is 0 Å². The summed E-state index contributed by atoms with van der Waals surface area (Å²) in [5, 5.41) is 0. The summed E-state index contributed by atoms with van der Waals surface area (Å²) in [6.07, 6.45) is 5.31. The van der Waals surface area contributed by atoms with Crippen LogP contribution in [0.1, 0.15) is 45.1 Å². The summed E-state index contributed by atoms with van der Waals surface area (Å²) in [6, 6.07) is 6.24. The van der Waals surface area contributed by atoms with E-state index in [-0.39, 0.29) is 0 Å². The molecule has 1 aliphatic heterocycles. The van der Waals surface area contributed by atoms with Crippen LogP contribution >= 0.6 is 0 Å². The van der Waals surface area contributed by atoms with Crippen LogP contribution in [0.2, 0.25) is 0 Å². The Morgan fingerprint density at radius 2 is 1.78 bits per heavy atom. The highest BCUT2D eigenvalue weighted by Crippen LogP contribution is 2.43. The molecular weight excluding hydrogens is 220 g/mol. The van der Waals surface area contributed by atoms with Gasteiger partial charge in [0.25, 0.3) is 0 Å². The minimum absolute atomic E-state index is 0.570. The Labute approximate surface area is 111 Å². The van der Waals surface area contributed by atoms with Crippen LogP contribution in [-0.4, -0.2) is 13.1 Å². The van der Waals surface area contributed by atoms with Gasteiger partial charge in [0, 0.05) is 29.9 Å². The fourth-order valence-electron chi connectivity index (χ4n) is 3.40. The maximum Gasteiger partial charge on any atom is 0.0416 e. The van der Waals surface area contributed by atoms with E-state index in [2.05, 4.69) is 37.8 Å². The summed E-state index contributed by atoms with van der Waals surface area (Å²) in [5.74, 6) is 0. The van der Waals surface area contributed by atoms with Crippen LogP contribution in [-0.2, 0) is 0 Å². The summed E-state index contributed by atoms with van der Waals surface area (Å²) in [5.41, 5.74) is 10.0. The number of aryl methyl sites for hydroxylation is 1. The molecule has 2 nitrogen and oxygen atoms in total. The Balaban J connectivity index is 2.08. The van der Waals surface area contributed by atoms with Gasteiger partial charge in [0.1, 0.15) is 0 Å². The average Bonchev–Trinajstić information content (AvgIpc) is 2.29. The lowest BCUT2D eigenvalue weighted by Crippen LogP contribution is -2.56. The highest BCUT2D eigenvalue weighted by Gasteiger charge is 2.41. The number of nitrogens with zero attached hydrogens (tertiary/aromatic N) is 1. The quantitative estimate of drug-likeness (QED) is 0.796. The molecule has 2 N–H and O–H groups in total. The van der Waals surface area contributed by atoms with Crippen LogP contribution in [0.3, 0.4) is 0 Å². The largest absolute Gasteiger partial charge is 0.399 e. The lowest BCUT2D eigenvalue weighted by Gasteiger charge is -2.52. The van der Waals surface area contributed by atoms with E-state index in [1.165, 1.54) is 50.0 Å². The molecule has 1 aromatic rings. The Bertz CT molecular complexity index is 398. The summed E-state index contributed by atoms with van der Waals surface area (Å²) in [6.45, 7) is 9.18. The van der Waals surface area contributed by atoms with Crippen molar-refractivity contribution in [3.05, 3.63) is 23.8 Å². The van der Waals surface area contributed by atoms with E-state index in [4.69, 9.17) is 5.73 Å². The first-order chi connectivity index (χ1) is 8.60. The zero-order chi connectivity index (χ0) is 13.2. The van der Waals surface area contributed by atoms with E-state index >= 15 is 0 Å². The Morgan fingerprint density at radius 1 is 1.17 bits per heavy atom. The smallest absolute Gasteiger partial charge is 0.0416 e. The molecule has 2 rings (SSSR count). The first-order valence-electron chi connectivity index (χ1n) is 7.21. The summed E-state index contributed by atoms with van der Waals surface area (Å²) in [7, 11) is 0. The molecule has 0 saturated carbocycles. The zero-order valence-electron chi connectivity index (χ0n) is 12.0. The molecule has 1 aliphatic rings. The predicted octanol–water partition coefficient (Wildman–Crippen LogP) is 3.98. The van der Waals surface area contributed by atoms with Crippen LogP contribution < -0.4 is 10.6 Å². The maximum atomic E-state index is 5.90. The summed E-state index contributed by atoms with van der Waals surface area (Å²) >= 11 is 0. The van der Waals surface area contributed by atoms with Gasteiger partial charge in [0.15, 0.2) is 0 Å². The van der Waals surface area contributed by atoms with Gasteiger partial charge in [-0.25, -0.2) is 0 Å². The second-order valence-electron chi connectivity index (χ2n) is 5.90. The van der Waals surface area contributed by atoms with Gasteiger partial charge in [-0.1, -0.05) is 32.8 Å². The summed E-state index contributed by atoms with van der Waals surface area (Å²) in [4.78, 5) is 2.50. The van der Waals surface area contributed by atoms with Gasteiger partial charge in [-0.15, -0.1) is 0 Å². The molecule has 1 fully saturated rings. The normalized spacial score (nSPS) is 17.6. The van der Waals surface area contributed by atoms with E-state index in [0.717, 1.165) is 5.69 Å². The molecule has 100 valence electrons. The van der Waals surface area contributed by atoms with E-state index in [1.54, 1.807) is 0 Å². The standard InChI is InChI=1S/C16H26N2/c1-4-8-16(9-5-2)11-18(12-16)15-10-14(17)7-6-13(15)3/h6-7,10H,4-5,8-9,11-12,17H2,1-3H3. The van der Waals surface area contributed by atoms with Gasteiger partial charge in [-0.3, -0.25) is 0 Å². The number of benzene rings is 1. The number of nitrogen functional groups attached to an aromatic ring is 1. The van der Waals surface area contributed by atoms with Gasteiger partial charge in [0.05, 0.1) is 0 Å². The third-order valence-corrected chi connectivity index (χ3v) is 4.19. The lowest BCUT2D eigenvalue weighted by molar-refractivity contribution is 0.173. The Hall–Kier alpha value is -1.18. The van der Waals surface area contributed by atoms with Crippen molar-refractivity contribution in [3.63, 3.8) is 0 Å². The first kappa shape index (κ1) is 13.3. The molecule has 0 amide bonds. The van der Waals surface area contributed by atoms with Crippen LogP contribution in [0.15, 0.2) is 18.2 Å². The fourth-order valence-corrected chi connectivity index (χ4v) is 3.40. The van der Waals surface area contributed by atoms with Crippen molar-refractivity contribution >= 4 is 11.4 Å². The van der Waals surface area contributed by atoms with E-state index < -0.39 is 0 Å². The van der Waals surface area contributed by atoms with Crippen molar-refractivity contribution in [1.82, 2.24) is 0 Å². The topological polar surface area (TPSA) is 29.3 Å². The highest BCUT2D eigenvalue weighted by molar-refractivity contribution is 5.62. The van der Waals surface area contributed by atoms with Gasteiger partial charge in [0.2, 0.25) is 0 Å². The summed E-state index contributed by atoms with van der Waals surface area (Å²) < 4.78 is 0. The van der Waals surface area contributed by atoms with Crippen molar-refractivity contribution in [3.8, 4) is 0 Å². The highest BCUT2D eigenvalue weighted by atomic mass is 15.2. The maximum absolute atomic E-state index is 5.90. The monoisotopic (exact) mass is 246 g/mol. The van der Waals surface area contributed by atoms with Crippen molar-refractivity contribution in [2.75, 3.05) is 23.7 Å².